The molecule has 1 aliphatic carbocycles. The van der Waals surface area contributed by atoms with Gasteiger partial charge in [-0.25, -0.2) is 4.79 Å². The van der Waals surface area contributed by atoms with Gasteiger partial charge in [-0.15, -0.1) is 0 Å². The van der Waals surface area contributed by atoms with Gasteiger partial charge in [0.05, 0.1) is 19.2 Å². The van der Waals surface area contributed by atoms with Gasteiger partial charge < -0.3 is 20.3 Å². The maximum absolute atomic E-state index is 12.4. The molecule has 0 heterocycles. The highest BCUT2D eigenvalue weighted by atomic mass is 16.5. The molecule has 3 rings (SSSR count). The van der Waals surface area contributed by atoms with Gasteiger partial charge in [-0.05, 0) is 55.8 Å². The highest BCUT2D eigenvalue weighted by Crippen LogP contribution is 2.30. The Bertz CT molecular complexity index is 760. The Balaban J connectivity index is 1.60. The van der Waals surface area contributed by atoms with E-state index >= 15 is 0 Å². The number of amides is 2. The third kappa shape index (κ3) is 4.17. The number of methoxy groups -OCH3 is 1. The fourth-order valence-electron chi connectivity index (χ4n) is 3.55. The SMILES string of the molecule is COc1cccc(C(CNC(=O)NC2CCc3ccccc32)N(C)C)c1. The van der Waals surface area contributed by atoms with Gasteiger partial charge in [0, 0.05) is 6.54 Å². The fourth-order valence-corrected chi connectivity index (χ4v) is 3.55. The molecule has 0 fully saturated rings. The summed E-state index contributed by atoms with van der Waals surface area (Å²) in [5.74, 6) is 0.821. The molecule has 0 saturated carbocycles. The Labute approximate surface area is 155 Å². The van der Waals surface area contributed by atoms with Crippen molar-refractivity contribution in [1.82, 2.24) is 15.5 Å². The van der Waals surface area contributed by atoms with Crippen molar-refractivity contribution < 1.29 is 9.53 Å². The minimum atomic E-state index is -0.124. The lowest BCUT2D eigenvalue weighted by atomic mass is 10.1. The van der Waals surface area contributed by atoms with Gasteiger partial charge in [-0.1, -0.05) is 36.4 Å². The first-order valence-corrected chi connectivity index (χ1v) is 9.01. The molecule has 2 amide bonds. The molecule has 2 unspecified atom stereocenters. The van der Waals surface area contributed by atoms with Crippen molar-refractivity contribution in [2.24, 2.45) is 0 Å². The van der Waals surface area contributed by atoms with Crippen LogP contribution < -0.4 is 15.4 Å². The van der Waals surface area contributed by atoms with Gasteiger partial charge in [0.2, 0.25) is 0 Å². The van der Waals surface area contributed by atoms with Crippen LogP contribution in [-0.4, -0.2) is 38.7 Å². The minimum Gasteiger partial charge on any atom is -0.497 e. The lowest BCUT2D eigenvalue weighted by Gasteiger charge is -2.26. The van der Waals surface area contributed by atoms with Crippen molar-refractivity contribution in [3.05, 3.63) is 65.2 Å². The van der Waals surface area contributed by atoms with Crippen molar-refractivity contribution in [3.63, 3.8) is 0 Å². The third-order valence-corrected chi connectivity index (χ3v) is 5.00. The lowest BCUT2D eigenvalue weighted by molar-refractivity contribution is 0.229. The molecule has 5 nitrogen and oxygen atoms in total. The monoisotopic (exact) mass is 353 g/mol. The molecule has 138 valence electrons. The fraction of sp³-hybridized carbons (Fsp3) is 0.381. The van der Waals surface area contributed by atoms with Gasteiger partial charge in [-0.2, -0.15) is 0 Å². The normalized spacial score (nSPS) is 16.8. The number of carbonyl (C=O) groups is 1. The Kier molecular flexibility index (Phi) is 5.78. The summed E-state index contributed by atoms with van der Waals surface area (Å²) in [4.78, 5) is 14.5. The van der Waals surface area contributed by atoms with Crippen molar-refractivity contribution >= 4 is 6.03 Å². The molecule has 0 aromatic heterocycles. The summed E-state index contributed by atoms with van der Waals surface area (Å²) < 4.78 is 5.31. The van der Waals surface area contributed by atoms with E-state index in [2.05, 4.69) is 39.8 Å². The quantitative estimate of drug-likeness (QED) is 0.838. The smallest absolute Gasteiger partial charge is 0.315 e. The first-order chi connectivity index (χ1) is 12.6. The number of rotatable bonds is 6. The summed E-state index contributed by atoms with van der Waals surface area (Å²) in [6, 6.07) is 16.3. The number of benzene rings is 2. The number of nitrogens with one attached hydrogen (secondary N) is 2. The second-order valence-corrected chi connectivity index (χ2v) is 6.90. The first-order valence-electron chi connectivity index (χ1n) is 9.01. The van der Waals surface area contributed by atoms with Crippen molar-refractivity contribution in [1.29, 1.82) is 0 Å². The molecule has 0 aliphatic heterocycles. The van der Waals surface area contributed by atoms with E-state index in [1.54, 1.807) is 7.11 Å². The zero-order valence-corrected chi connectivity index (χ0v) is 15.7. The van der Waals surface area contributed by atoms with Crippen molar-refractivity contribution in [2.75, 3.05) is 27.7 Å². The number of hydrogen-bond donors (Lipinski definition) is 2. The van der Waals surface area contributed by atoms with Gasteiger partial charge in [0.25, 0.3) is 0 Å². The van der Waals surface area contributed by atoms with Crippen molar-refractivity contribution in [2.45, 2.75) is 24.9 Å². The maximum atomic E-state index is 12.4. The van der Waals surface area contributed by atoms with Gasteiger partial charge in [0.15, 0.2) is 0 Å². The van der Waals surface area contributed by atoms with Gasteiger partial charge >= 0.3 is 6.03 Å². The van der Waals surface area contributed by atoms with Crippen LogP contribution in [0.25, 0.3) is 0 Å². The number of carbonyl (C=O) groups excluding carboxylic acids is 1. The lowest BCUT2D eigenvalue weighted by Crippen LogP contribution is -2.41. The second kappa shape index (κ2) is 8.23. The van der Waals surface area contributed by atoms with Crippen LogP contribution in [0.15, 0.2) is 48.5 Å². The van der Waals surface area contributed by atoms with Crippen LogP contribution in [0.1, 0.15) is 35.2 Å². The van der Waals surface area contributed by atoms with Crippen LogP contribution in [-0.2, 0) is 6.42 Å². The molecule has 2 aromatic carbocycles. The first kappa shape index (κ1) is 18.3. The van der Waals surface area contributed by atoms with E-state index in [0.717, 1.165) is 24.2 Å². The number of hydrogen-bond acceptors (Lipinski definition) is 3. The van der Waals surface area contributed by atoms with E-state index in [0.29, 0.717) is 6.54 Å². The Hall–Kier alpha value is -2.53. The van der Waals surface area contributed by atoms with Gasteiger partial charge in [0.1, 0.15) is 5.75 Å². The van der Waals surface area contributed by atoms with E-state index in [1.165, 1.54) is 11.1 Å². The number of nitrogens with zero attached hydrogens (tertiary/aromatic N) is 1. The molecule has 2 N–H and O–H groups in total. The Morgan fingerprint density at radius 1 is 1.23 bits per heavy atom. The van der Waals surface area contributed by atoms with Crippen molar-refractivity contribution in [3.8, 4) is 5.75 Å². The zero-order chi connectivity index (χ0) is 18.5. The largest absolute Gasteiger partial charge is 0.497 e. The van der Waals surface area contributed by atoms with Crippen LogP contribution in [0.3, 0.4) is 0 Å². The van der Waals surface area contributed by atoms with E-state index in [-0.39, 0.29) is 18.1 Å². The molecular formula is C21H27N3O2. The van der Waals surface area contributed by atoms with Crippen LogP contribution >= 0.6 is 0 Å². The minimum absolute atomic E-state index is 0.0757. The number of urea groups is 1. The molecule has 0 spiro atoms. The van der Waals surface area contributed by atoms with E-state index in [9.17, 15) is 4.79 Å². The summed E-state index contributed by atoms with van der Waals surface area (Å²) in [7, 11) is 5.68. The Morgan fingerprint density at radius 3 is 2.81 bits per heavy atom. The summed E-state index contributed by atoms with van der Waals surface area (Å²) in [6.07, 6.45) is 1.98. The van der Waals surface area contributed by atoms with Crippen LogP contribution in [0.5, 0.6) is 5.75 Å². The molecule has 0 bridgehead atoms. The van der Waals surface area contributed by atoms with E-state index in [1.807, 2.05) is 38.4 Å². The molecule has 5 heteroatoms. The zero-order valence-electron chi connectivity index (χ0n) is 15.7. The predicted octanol–water partition coefficient (Wildman–Crippen LogP) is 3.28. The highest BCUT2D eigenvalue weighted by molar-refractivity contribution is 5.74. The summed E-state index contributed by atoms with van der Waals surface area (Å²) in [5, 5.41) is 6.14. The van der Waals surface area contributed by atoms with Crippen LogP contribution in [0.2, 0.25) is 0 Å². The molecule has 1 aliphatic rings. The van der Waals surface area contributed by atoms with Gasteiger partial charge in [-0.3, -0.25) is 0 Å². The molecule has 2 aromatic rings. The number of ether oxygens (including phenoxy) is 1. The maximum Gasteiger partial charge on any atom is 0.315 e. The molecule has 2 atom stereocenters. The standard InChI is InChI=1S/C21H27N3O2/c1-24(2)20(16-8-6-9-17(13-16)26-3)14-22-21(25)23-19-12-11-15-7-4-5-10-18(15)19/h4-10,13,19-20H,11-12,14H2,1-3H3,(H2,22,23,25). The topological polar surface area (TPSA) is 53.6 Å². The molecule has 0 saturated heterocycles. The molecule has 26 heavy (non-hydrogen) atoms. The summed E-state index contributed by atoms with van der Waals surface area (Å²) in [6.45, 7) is 0.528. The number of likely N-dealkylation sites (N-methyl/N-ethyl adjacent to an activating group) is 1. The average Bonchev–Trinajstić information content (AvgIpc) is 3.05. The summed E-state index contributed by atoms with van der Waals surface area (Å²) >= 11 is 0. The summed E-state index contributed by atoms with van der Waals surface area (Å²) in [5.41, 5.74) is 3.68. The van der Waals surface area contributed by atoms with E-state index < -0.39 is 0 Å². The van der Waals surface area contributed by atoms with Crippen LogP contribution in [0.4, 0.5) is 4.79 Å². The highest BCUT2D eigenvalue weighted by Gasteiger charge is 2.24. The molecule has 0 radical (unpaired) electrons. The van der Waals surface area contributed by atoms with E-state index in [4.69, 9.17) is 4.74 Å². The third-order valence-electron chi connectivity index (χ3n) is 5.00. The number of fused-ring (bicyclic) bond motifs is 1. The Morgan fingerprint density at radius 2 is 2.04 bits per heavy atom. The van der Waals surface area contributed by atoms with Crippen LogP contribution in [0, 0.1) is 0 Å². The average molecular weight is 353 g/mol. The number of aryl methyl sites for hydroxylation is 1. The second-order valence-electron chi connectivity index (χ2n) is 6.90. The predicted molar refractivity (Wildman–Crippen MR) is 103 cm³/mol. The molecular weight excluding hydrogens is 326 g/mol.